The Morgan fingerprint density at radius 2 is 1.84 bits per heavy atom. The number of hydrogen-bond donors (Lipinski definition) is 2. The molecule has 0 atom stereocenters. The molecule has 25 heavy (non-hydrogen) atoms. The maximum absolute atomic E-state index is 6.05. The first kappa shape index (κ1) is 17.3. The second-order valence-electron chi connectivity index (χ2n) is 6.77. The van der Waals surface area contributed by atoms with Crippen LogP contribution in [0.5, 0.6) is 0 Å². The predicted octanol–water partition coefficient (Wildman–Crippen LogP) is 3.62. The van der Waals surface area contributed by atoms with Gasteiger partial charge in [0.1, 0.15) is 5.82 Å². The van der Waals surface area contributed by atoms with Gasteiger partial charge in [0.05, 0.1) is 6.54 Å². The lowest BCUT2D eigenvalue weighted by Gasteiger charge is -2.27. The van der Waals surface area contributed by atoms with Gasteiger partial charge < -0.3 is 16.0 Å². The van der Waals surface area contributed by atoms with Crippen molar-refractivity contribution in [3.63, 3.8) is 0 Å². The van der Waals surface area contributed by atoms with E-state index in [2.05, 4.69) is 58.3 Å². The van der Waals surface area contributed by atoms with E-state index in [9.17, 15) is 0 Å². The summed E-state index contributed by atoms with van der Waals surface area (Å²) in [6.45, 7) is 6.88. The number of nitrogens with two attached hydrogens (primary N) is 1. The molecule has 1 aromatic heterocycles. The first-order chi connectivity index (χ1) is 12.1. The summed E-state index contributed by atoms with van der Waals surface area (Å²) < 4.78 is 0. The van der Waals surface area contributed by atoms with Crippen LogP contribution in [0.4, 0.5) is 11.5 Å². The summed E-state index contributed by atoms with van der Waals surface area (Å²) in [4.78, 5) is 11.3. The minimum Gasteiger partial charge on any atom is -0.370 e. The highest BCUT2D eigenvalue weighted by Crippen LogP contribution is 2.19. The highest BCUT2D eigenvalue weighted by Gasteiger charge is 2.12. The van der Waals surface area contributed by atoms with E-state index < -0.39 is 0 Å². The molecule has 132 valence electrons. The van der Waals surface area contributed by atoms with Crippen LogP contribution in [0.15, 0.2) is 41.5 Å². The predicted molar refractivity (Wildman–Crippen MR) is 105 cm³/mol. The lowest BCUT2D eigenvalue weighted by molar-refractivity contribution is 0.573. The fourth-order valence-corrected chi connectivity index (χ4v) is 3.27. The standard InChI is InChI=1S/C20H27N5/c1-15-10-16(2)12-18(11-15)24-20(21)23-14-17-6-7-22-19(13-17)25-8-4-3-5-9-25/h6-7,10-13H,3-5,8-9,14H2,1-2H3,(H3,21,23,24). The van der Waals surface area contributed by atoms with E-state index in [4.69, 9.17) is 5.73 Å². The number of benzene rings is 1. The van der Waals surface area contributed by atoms with Gasteiger partial charge in [-0.25, -0.2) is 9.98 Å². The van der Waals surface area contributed by atoms with E-state index >= 15 is 0 Å². The zero-order valence-electron chi connectivity index (χ0n) is 15.1. The Morgan fingerprint density at radius 1 is 1.12 bits per heavy atom. The molecule has 3 rings (SSSR count). The van der Waals surface area contributed by atoms with Crippen LogP contribution < -0.4 is 16.0 Å². The third-order valence-electron chi connectivity index (χ3n) is 4.42. The van der Waals surface area contributed by atoms with Crippen molar-refractivity contribution in [2.24, 2.45) is 10.7 Å². The van der Waals surface area contributed by atoms with Gasteiger partial charge in [-0.2, -0.15) is 0 Å². The molecule has 1 aromatic carbocycles. The molecule has 5 heteroatoms. The summed E-state index contributed by atoms with van der Waals surface area (Å²) in [5.74, 6) is 1.48. The quantitative estimate of drug-likeness (QED) is 0.660. The highest BCUT2D eigenvalue weighted by atomic mass is 15.2. The fourth-order valence-electron chi connectivity index (χ4n) is 3.27. The van der Waals surface area contributed by atoms with Crippen LogP contribution in [0.25, 0.3) is 0 Å². The number of aromatic nitrogens is 1. The van der Waals surface area contributed by atoms with Crippen molar-refractivity contribution in [1.29, 1.82) is 0 Å². The Bertz CT molecular complexity index is 727. The molecular weight excluding hydrogens is 310 g/mol. The third-order valence-corrected chi connectivity index (χ3v) is 4.42. The van der Waals surface area contributed by atoms with Crippen LogP contribution in [-0.4, -0.2) is 24.0 Å². The highest BCUT2D eigenvalue weighted by molar-refractivity contribution is 5.92. The molecule has 0 amide bonds. The SMILES string of the molecule is Cc1cc(C)cc(NC(N)=NCc2ccnc(N3CCCCC3)c2)c1. The Hall–Kier alpha value is -2.56. The van der Waals surface area contributed by atoms with Crippen molar-refractivity contribution in [1.82, 2.24) is 4.98 Å². The molecule has 1 fully saturated rings. The normalized spacial score (nSPS) is 15.3. The van der Waals surface area contributed by atoms with Gasteiger partial charge in [-0.1, -0.05) is 6.07 Å². The van der Waals surface area contributed by atoms with Crippen molar-refractivity contribution in [3.05, 3.63) is 53.2 Å². The molecule has 2 aromatic rings. The summed E-state index contributed by atoms with van der Waals surface area (Å²) in [5.41, 5.74) is 10.6. The van der Waals surface area contributed by atoms with Crippen molar-refractivity contribution >= 4 is 17.5 Å². The molecule has 2 heterocycles. The smallest absolute Gasteiger partial charge is 0.193 e. The Labute approximate surface area is 150 Å². The van der Waals surface area contributed by atoms with Crippen molar-refractivity contribution in [2.75, 3.05) is 23.3 Å². The summed E-state index contributed by atoms with van der Waals surface area (Å²) >= 11 is 0. The topological polar surface area (TPSA) is 66.5 Å². The van der Waals surface area contributed by atoms with Crippen LogP contribution in [0.2, 0.25) is 0 Å². The van der Waals surface area contributed by atoms with E-state index in [1.807, 2.05) is 12.3 Å². The van der Waals surface area contributed by atoms with E-state index in [1.165, 1.54) is 30.4 Å². The Kier molecular flexibility index (Phi) is 5.53. The zero-order valence-corrected chi connectivity index (χ0v) is 15.1. The van der Waals surface area contributed by atoms with Gasteiger partial charge in [-0.15, -0.1) is 0 Å². The molecule has 0 bridgehead atoms. The van der Waals surface area contributed by atoms with Crippen molar-refractivity contribution < 1.29 is 0 Å². The maximum atomic E-state index is 6.05. The van der Waals surface area contributed by atoms with Gasteiger partial charge in [-0.3, -0.25) is 0 Å². The van der Waals surface area contributed by atoms with Crippen LogP contribution in [0.3, 0.4) is 0 Å². The molecule has 0 unspecified atom stereocenters. The zero-order chi connectivity index (χ0) is 17.6. The number of guanidine groups is 1. The number of rotatable bonds is 4. The van der Waals surface area contributed by atoms with Gasteiger partial charge in [0.15, 0.2) is 5.96 Å². The molecule has 1 aliphatic heterocycles. The van der Waals surface area contributed by atoms with Crippen LogP contribution in [-0.2, 0) is 6.54 Å². The number of aryl methyl sites for hydroxylation is 2. The lowest BCUT2D eigenvalue weighted by Crippen LogP contribution is -2.30. The first-order valence-electron chi connectivity index (χ1n) is 8.95. The van der Waals surface area contributed by atoms with E-state index in [1.54, 1.807) is 0 Å². The second-order valence-corrected chi connectivity index (χ2v) is 6.77. The summed E-state index contributed by atoms with van der Waals surface area (Å²) in [5, 5.41) is 3.17. The largest absolute Gasteiger partial charge is 0.370 e. The number of anilines is 2. The van der Waals surface area contributed by atoms with Crippen LogP contribution >= 0.6 is 0 Å². The fraction of sp³-hybridized carbons (Fsp3) is 0.400. The Morgan fingerprint density at radius 3 is 2.56 bits per heavy atom. The summed E-state index contributed by atoms with van der Waals surface area (Å²) in [6, 6.07) is 10.4. The summed E-state index contributed by atoms with van der Waals surface area (Å²) in [6.07, 6.45) is 5.68. The molecule has 0 spiro atoms. The molecule has 5 nitrogen and oxygen atoms in total. The Balaban J connectivity index is 1.64. The molecule has 0 radical (unpaired) electrons. The minimum absolute atomic E-state index is 0.432. The monoisotopic (exact) mass is 337 g/mol. The van der Waals surface area contributed by atoms with Gasteiger partial charge in [0.25, 0.3) is 0 Å². The van der Waals surface area contributed by atoms with E-state index in [-0.39, 0.29) is 0 Å². The second kappa shape index (κ2) is 8.01. The van der Waals surface area contributed by atoms with Gasteiger partial charge >= 0.3 is 0 Å². The van der Waals surface area contributed by atoms with E-state index in [0.717, 1.165) is 30.2 Å². The van der Waals surface area contributed by atoms with Crippen molar-refractivity contribution in [3.8, 4) is 0 Å². The number of aliphatic imine (C=N–C) groups is 1. The average molecular weight is 337 g/mol. The van der Waals surface area contributed by atoms with Crippen LogP contribution in [0, 0.1) is 13.8 Å². The molecule has 0 saturated carbocycles. The van der Waals surface area contributed by atoms with Gasteiger partial charge in [0.2, 0.25) is 0 Å². The first-order valence-corrected chi connectivity index (χ1v) is 8.95. The molecule has 1 aliphatic rings. The average Bonchev–Trinajstić information content (AvgIpc) is 2.60. The molecule has 1 saturated heterocycles. The molecular formula is C20H27N5. The number of piperidine rings is 1. The van der Waals surface area contributed by atoms with Gasteiger partial charge in [0, 0.05) is 25.0 Å². The molecule has 0 aliphatic carbocycles. The molecule has 3 N–H and O–H groups in total. The number of nitrogens with zero attached hydrogens (tertiary/aromatic N) is 3. The maximum Gasteiger partial charge on any atom is 0.193 e. The van der Waals surface area contributed by atoms with Gasteiger partial charge in [-0.05, 0) is 74.1 Å². The lowest BCUT2D eigenvalue weighted by atomic mass is 10.1. The van der Waals surface area contributed by atoms with E-state index in [0.29, 0.717) is 12.5 Å². The van der Waals surface area contributed by atoms with Crippen molar-refractivity contribution in [2.45, 2.75) is 39.7 Å². The number of pyridine rings is 1. The number of nitrogens with one attached hydrogen (secondary N) is 1. The number of hydrogen-bond acceptors (Lipinski definition) is 3. The van der Waals surface area contributed by atoms with Crippen LogP contribution in [0.1, 0.15) is 36.0 Å². The minimum atomic E-state index is 0.432. The third kappa shape index (κ3) is 4.95. The summed E-state index contributed by atoms with van der Waals surface area (Å²) in [7, 11) is 0.